The number of anilines is 1. The van der Waals surface area contributed by atoms with Gasteiger partial charge >= 0.3 is 0 Å². The van der Waals surface area contributed by atoms with Gasteiger partial charge in [0.2, 0.25) is 0 Å². The fourth-order valence-corrected chi connectivity index (χ4v) is 3.11. The molecular weight excluding hydrogens is 304 g/mol. The van der Waals surface area contributed by atoms with Gasteiger partial charge in [-0.05, 0) is 38.6 Å². The van der Waals surface area contributed by atoms with Gasteiger partial charge in [0.25, 0.3) is 0 Å². The van der Waals surface area contributed by atoms with Gasteiger partial charge in [0.1, 0.15) is 0 Å². The third kappa shape index (κ3) is 3.18. The van der Waals surface area contributed by atoms with Crippen LogP contribution in [0.3, 0.4) is 0 Å². The third-order valence-electron chi connectivity index (χ3n) is 3.85. The molecule has 1 aromatic carbocycles. The molecule has 1 atom stereocenters. The van der Waals surface area contributed by atoms with Crippen LogP contribution in [-0.4, -0.2) is 42.9 Å². The first-order valence-corrected chi connectivity index (χ1v) is 7.61. The molecule has 0 saturated carbocycles. The number of ketones is 1. The molecule has 0 amide bonds. The number of nitrogens with zero attached hydrogens (tertiary/aromatic N) is 2. The quantitative estimate of drug-likeness (QED) is 0.798. The number of halogens is 1. The highest BCUT2D eigenvalue weighted by Crippen LogP contribution is 2.27. The number of benzene rings is 1. The second-order valence-corrected chi connectivity index (χ2v) is 6.06. The van der Waals surface area contributed by atoms with E-state index in [1.807, 2.05) is 12.1 Å². The van der Waals surface area contributed by atoms with Gasteiger partial charge in [-0.1, -0.05) is 22.9 Å². The lowest BCUT2D eigenvalue weighted by Crippen LogP contribution is -2.52. The molecule has 2 rings (SSSR count). The van der Waals surface area contributed by atoms with E-state index in [1.165, 1.54) is 0 Å². The Morgan fingerprint density at radius 1 is 1.42 bits per heavy atom. The van der Waals surface area contributed by atoms with E-state index < -0.39 is 0 Å². The van der Waals surface area contributed by atoms with Crippen LogP contribution in [0, 0.1) is 0 Å². The van der Waals surface area contributed by atoms with Crippen LogP contribution in [0.4, 0.5) is 5.69 Å². The molecule has 0 spiro atoms. The van der Waals surface area contributed by atoms with Gasteiger partial charge in [-0.2, -0.15) is 0 Å². The summed E-state index contributed by atoms with van der Waals surface area (Å²) in [4.78, 5) is 16.6. The predicted molar refractivity (Wildman–Crippen MR) is 83.1 cm³/mol. The van der Waals surface area contributed by atoms with Crippen LogP contribution in [0.15, 0.2) is 22.7 Å². The zero-order valence-electron chi connectivity index (χ0n) is 11.8. The van der Waals surface area contributed by atoms with Crippen molar-refractivity contribution in [3.63, 3.8) is 0 Å². The summed E-state index contributed by atoms with van der Waals surface area (Å²) in [5.41, 5.74) is 1.88. The monoisotopic (exact) mass is 324 g/mol. The second kappa shape index (κ2) is 6.06. The normalized spacial score (nSPS) is 20.6. The standard InChI is InChI=1S/C15H21BrN2O/c1-4-17-7-8-18(10-11(17)2)15-6-5-13(16)9-14(15)12(3)19/h5-6,9,11H,4,7-8,10H2,1-3H3. The van der Waals surface area contributed by atoms with Gasteiger partial charge < -0.3 is 4.90 Å². The molecular formula is C15H21BrN2O. The topological polar surface area (TPSA) is 23.6 Å². The summed E-state index contributed by atoms with van der Waals surface area (Å²) < 4.78 is 0.960. The Labute approximate surface area is 123 Å². The summed E-state index contributed by atoms with van der Waals surface area (Å²) >= 11 is 3.44. The lowest BCUT2D eigenvalue weighted by atomic mass is 10.1. The number of hydrogen-bond acceptors (Lipinski definition) is 3. The Hall–Kier alpha value is -0.870. The minimum absolute atomic E-state index is 0.127. The molecule has 0 bridgehead atoms. The van der Waals surface area contributed by atoms with Crippen LogP contribution < -0.4 is 4.90 Å². The van der Waals surface area contributed by atoms with Gasteiger partial charge in [-0.3, -0.25) is 9.69 Å². The summed E-state index contributed by atoms with van der Waals surface area (Å²) in [5.74, 6) is 0.127. The fraction of sp³-hybridized carbons (Fsp3) is 0.533. The van der Waals surface area contributed by atoms with Gasteiger partial charge in [-0.15, -0.1) is 0 Å². The summed E-state index contributed by atoms with van der Waals surface area (Å²) in [6.07, 6.45) is 0. The van der Waals surface area contributed by atoms with Gasteiger partial charge in [0.05, 0.1) is 0 Å². The molecule has 0 aliphatic carbocycles. The van der Waals surface area contributed by atoms with Crippen molar-refractivity contribution in [2.75, 3.05) is 31.1 Å². The lowest BCUT2D eigenvalue weighted by Gasteiger charge is -2.41. The van der Waals surface area contributed by atoms with Crippen LogP contribution in [0.25, 0.3) is 0 Å². The van der Waals surface area contributed by atoms with Gasteiger partial charge in [0, 0.05) is 41.4 Å². The number of carbonyl (C=O) groups is 1. The Bertz CT molecular complexity index is 475. The van der Waals surface area contributed by atoms with E-state index in [1.54, 1.807) is 6.92 Å². The molecule has 3 nitrogen and oxygen atoms in total. The minimum atomic E-state index is 0.127. The maximum Gasteiger partial charge on any atom is 0.161 e. The SMILES string of the molecule is CCN1CCN(c2ccc(Br)cc2C(C)=O)CC1C. The molecule has 1 heterocycles. The van der Waals surface area contributed by atoms with Crippen LogP contribution in [0.5, 0.6) is 0 Å². The highest BCUT2D eigenvalue weighted by molar-refractivity contribution is 9.10. The van der Waals surface area contributed by atoms with Crippen LogP contribution in [0.2, 0.25) is 0 Å². The fourth-order valence-electron chi connectivity index (χ4n) is 2.75. The Balaban J connectivity index is 2.25. The third-order valence-corrected chi connectivity index (χ3v) is 4.34. The van der Waals surface area contributed by atoms with Crippen molar-refractivity contribution >= 4 is 27.4 Å². The van der Waals surface area contributed by atoms with E-state index in [4.69, 9.17) is 0 Å². The van der Waals surface area contributed by atoms with Gasteiger partial charge in [0.15, 0.2) is 5.78 Å². The lowest BCUT2D eigenvalue weighted by molar-refractivity contribution is 0.101. The van der Waals surface area contributed by atoms with Crippen molar-refractivity contribution in [3.05, 3.63) is 28.2 Å². The molecule has 0 N–H and O–H groups in total. The van der Waals surface area contributed by atoms with Crippen LogP contribution in [-0.2, 0) is 0 Å². The second-order valence-electron chi connectivity index (χ2n) is 5.14. The number of piperazine rings is 1. The Kier molecular flexibility index (Phi) is 4.63. The first-order valence-electron chi connectivity index (χ1n) is 6.82. The zero-order valence-corrected chi connectivity index (χ0v) is 13.4. The maximum absolute atomic E-state index is 11.8. The van der Waals surface area contributed by atoms with E-state index in [0.29, 0.717) is 6.04 Å². The van der Waals surface area contributed by atoms with E-state index in [-0.39, 0.29) is 5.78 Å². The first-order chi connectivity index (χ1) is 9.02. The van der Waals surface area contributed by atoms with Crippen molar-refractivity contribution < 1.29 is 4.79 Å². The molecule has 1 aliphatic rings. The molecule has 1 fully saturated rings. The molecule has 0 aromatic heterocycles. The predicted octanol–water partition coefficient (Wildman–Crippen LogP) is 3.18. The molecule has 1 saturated heterocycles. The summed E-state index contributed by atoms with van der Waals surface area (Å²) in [6.45, 7) is 10.2. The summed E-state index contributed by atoms with van der Waals surface area (Å²) in [7, 11) is 0. The van der Waals surface area contributed by atoms with Crippen molar-refractivity contribution in [2.24, 2.45) is 0 Å². The van der Waals surface area contributed by atoms with Crippen LogP contribution >= 0.6 is 15.9 Å². The van der Waals surface area contributed by atoms with Gasteiger partial charge in [-0.25, -0.2) is 0 Å². The number of likely N-dealkylation sites (N-methyl/N-ethyl adjacent to an activating group) is 1. The van der Waals surface area contributed by atoms with Crippen molar-refractivity contribution in [1.82, 2.24) is 4.90 Å². The molecule has 19 heavy (non-hydrogen) atoms. The van der Waals surface area contributed by atoms with Crippen molar-refractivity contribution in [1.29, 1.82) is 0 Å². The van der Waals surface area contributed by atoms with Crippen molar-refractivity contribution in [3.8, 4) is 0 Å². The highest BCUT2D eigenvalue weighted by atomic mass is 79.9. The summed E-state index contributed by atoms with van der Waals surface area (Å²) in [5, 5.41) is 0. The van der Waals surface area contributed by atoms with E-state index >= 15 is 0 Å². The maximum atomic E-state index is 11.8. The van der Waals surface area contributed by atoms with E-state index in [2.05, 4.69) is 45.6 Å². The average molecular weight is 325 g/mol. The smallest absolute Gasteiger partial charge is 0.161 e. The molecule has 1 unspecified atom stereocenters. The van der Waals surface area contributed by atoms with Crippen LogP contribution in [0.1, 0.15) is 31.1 Å². The molecule has 0 radical (unpaired) electrons. The Morgan fingerprint density at radius 2 is 2.16 bits per heavy atom. The average Bonchev–Trinajstić information content (AvgIpc) is 2.38. The highest BCUT2D eigenvalue weighted by Gasteiger charge is 2.24. The largest absolute Gasteiger partial charge is 0.368 e. The van der Waals surface area contributed by atoms with Crippen molar-refractivity contribution in [2.45, 2.75) is 26.8 Å². The zero-order chi connectivity index (χ0) is 14.0. The summed E-state index contributed by atoms with van der Waals surface area (Å²) in [6, 6.07) is 6.52. The molecule has 104 valence electrons. The van der Waals surface area contributed by atoms with E-state index in [0.717, 1.165) is 41.9 Å². The number of Topliss-reactive ketones (excluding diaryl/α,β-unsaturated/α-hetero) is 1. The minimum Gasteiger partial charge on any atom is -0.368 e. The molecule has 1 aromatic rings. The molecule has 4 heteroatoms. The molecule has 1 aliphatic heterocycles. The number of hydrogen-bond donors (Lipinski definition) is 0. The Morgan fingerprint density at radius 3 is 2.74 bits per heavy atom. The van der Waals surface area contributed by atoms with E-state index in [9.17, 15) is 4.79 Å². The number of rotatable bonds is 3. The first kappa shape index (κ1) is 14.5. The number of carbonyl (C=O) groups excluding carboxylic acids is 1.